The Kier molecular flexibility index (Phi) is 7.92. The molecule has 0 aromatic carbocycles. The molecule has 1 aliphatic carbocycles. The summed E-state index contributed by atoms with van der Waals surface area (Å²) in [7, 11) is 2.15. The van der Waals surface area contributed by atoms with Gasteiger partial charge < -0.3 is 5.32 Å². The van der Waals surface area contributed by atoms with E-state index in [0.29, 0.717) is 0 Å². The Hall–Kier alpha value is -0.0400. The van der Waals surface area contributed by atoms with Crippen LogP contribution in [0.4, 0.5) is 0 Å². The zero-order chi connectivity index (χ0) is 12.5. The molecule has 0 saturated heterocycles. The zero-order valence-corrected chi connectivity index (χ0v) is 12.3. The quantitative estimate of drug-likeness (QED) is 0.632. The highest BCUT2D eigenvalue weighted by Gasteiger charge is 2.18. The van der Waals surface area contributed by atoms with Gasteiger partial charge in [0.2, 0.25) is 0 Å². The molecule has 1 aliphatic rings. The summed E-state index contributed by atoms with van der Waals surface area (Å²) in [5, 5.41) is 3.56. The molecule has 1 fully saturated rings. The van der Waals surface area contributed by atoms with Crippen LogP contribution in [0.2, 0.25) is 0 Å². The molecule has 0 heterocycles. The first kappa shape index (κ1) is 15.0. The first-order valence-corrected chi connectivity index (χ1v) is 7.93. The topological polar surface area (TPSA) is 12.0 Å². The third-order valence-electron chi connectivity index (χ3n) is 4.47. The normalized spacial score (nSPS) is 22.1. The molecule has 0 aromatic heterocycles. The summed E-state index contributed by atoms with van der Waals surface area (Å²) in [5.41, 5.74) is 0. The van der Waals surface area contributed by atoms with Crippen molar-refractivity contribution >= 4 is 0 Å². The molecule has 1 saturated carbocycles. The molecular formula is C16H33N. The van der Waals surface area contributed by atoms with Gasteiger partial charge in [0.25, 0.3) is 0 Å². The van der Waals surface area contributed by atoms with Crippen molar-refractivity contribution in [3.63, 3.8) is 0 Å². The van der Waals surface area contributed by atoms with E-state index in [-0.39, 0.29) is 0 Å². The Morgan fingerprint density at radius 1 is 1.12 bits per heavy atom. The lowest BCUT2D eigenvalue weighted by molar-refractivity contribution is 0.315. The zero-order valence-electron chi connectivity index (χ0n) is 12.3. The molecule has 0 radical (unpaired) electrons. The molecule has 1 N–H and O–H groups in total. The van der Waals surface area contributed by atoms with Gasteiger partial charge in [0.15, 0.2) is 0 Å². The van der Waals surface area contributed by atoms with E-state index in [1.807, 2.05) is 0 Å². The molecule has 2 atom stereocenters. The Balaban J connectivity index is 2.28. The van der Waals surface area contributed by atoms with Gasteiger partial charge in [-0.1, -0.05) is 65.2 Å². The highest BCUT2D eigenvalue weighted by Crippen LogP contribution is 2.28. The Labute approximate surface area is 109 Å². The second-order valence-corrected chi connectivity index (χ2v) is 6.21. The fraction of sp³-hybridized carbons (Fsp3) is 1.00. The van der Waals surface area contributed by atoms with E-state index in [1.54, 1.807) is 0 Å². The minimum absolute atomic E-state index is 0.764. The van der Waals surface area contributed by atoms with E-state index in [9.17, 15) is 0 Å². The predicted molar refractivity (Wildman–Crippen MR) is 77.3 cm³/mol. The van der Waals surface area contributed by atoms with Crippen LogP contribution in [0.15, 0.2) is 0 Å². The number of nitrogens with one attached hydrogen (secondary N) is 1. The largest absolute Gasteiger partial charge is 0.317 e. The van der Waals surface area contributed by atoms with Crippen LogP contribution in [0.5, 0.6) is 0 Å². The van der Waals surface area contributed by atoms with Crippen molar-refractivity contribution < 1.29 is 0 Å². The number of hydrogen-bond acceptors (Lipinski definition) is 1. The fourth-order valence-electron chi connectivity index (χ4n) is 3.43. The summed E-state index contributed by atoms with van der Waals surface area (Å²) in [5.74, 6) is 1.90. The van der Waals surface area contributed by atoms with Crippen LogP contribution in [0.1, 0.15) is 78.1 Å². The van der Waals surface area contributed by atoms with Crippen molar-refractivity contribution in [3.05, 3.63) is 0 Å². The molecule has 2 unspecified atom stereocenters. The summed E-state index contributed by atoms with van der Waals surface area (Å²) in [6, 6.07) is 0.764. The van der Waals surface area contributed by atoms with Gasteiger partial charge in [0.05, 0.1) is 0 Å². The molecule has 17 heavy (non-hydrogen) atoms. The van der Waals surface area contributed by atoms with Crippen molar-refractivity contribution in [1.29, 1.82) is 0 Å². The second-order valence-electron chi connectivity index (χ2n) is 6.21. The average molecular weight is 239 g/mol. The lowest BCUT2D eigenvalue weighted by atomic mass is 9.87. The van der Waals surface area contributed by atoms with Crippen molar-refractivity contribution in [1.82, 2.24) is 5.32 Å². The number of hydrogen-bond donors (Lipinski definition) is 1. The van der Waals surface area contributed by atoms with E-state index in [2.05, 4.69) is 26.2 Å². The highest BCUT2D eigenvalue weighted by molar-refractivity contribution is 4.74. The molecule has 1 rings (SSSR count). The van der Waals surface area contributed by atoms with Gasteiger partial charge in [-0.15, -0.1) is 0 Å². The summed E-state index contributed by atoms with van der Waals surface area (Å²) in [6.45, 7) is 4.72. The number of rotatable bonds is 7. The molecule has 102 valence electrons. The highest BCUT2D eigenvalue weighted by atomic mass is 14.9. The lowest BCUT2D eigenvalue weighted by Crippen LogP contribution is -2.29. The van der Waals surface area contributed by atoms with E-state index in [0.717, 1.165) is 17.9 Å². The van der Waals surface area contributed by atoms with Crippen LogP contribution in [0.25, 0.3) is 0 Å². The molecule has 1 heteroatoms. The van der Waals surface area contributed by atoms with Gasteiger partial charge in [0, 0.05) is 6.04 Å². The van der Waals surface area contributed by atoms with Gasteiger partial charge >= 0.3 is 0 Å². The average Bonchev–Trinajstić information content (AvgIpc) is 2.57. The molecule has 0 aromatic rings. The SMILES string of the molecule is CCCC(C)CC(CC1CCCCCC1)NC. The van der Waals surface area contributed by atoms with Crippen molar-refractivity contribution in [3.8, 4) is 0 Å². The maximum atomic E-state index is 3.56. The van der Waals surface area contributed by atoms with E-state index in [1.165, 1.54) is 64.2 Å². The first-order valence-electron chi connectivity index (χ1n) is 7.93. The van der Waals surface area contributed by atoms with Gasteiger partial charge in [0.1, 0.15) is 0 Å². The van der Waals surface area contributed by atoms with E-state index >= 15 is 0 Å². The van der Waals surface area contributed by atoms with Crippen molar-refractivity contribution in [2.75, 3.05) is 7.05 Å². The minimum atomic E-state index is 0.764. The van der Waals surface area contributed by atoms with Gasteiger partial charge in [-0.3, -0.25) is 0 Å². The van der Waals surface area contributed by atoms with Gasteiger partial charge in [-0.05, 0) is 31.7 Å². The van der Waals surface area contributed by atoms with Crippen molar-refractivity contribution in [2.24, 2.45) is 11.8 Å². The van der Waals surface area contributed by atoms with Crippen LogP contribution in [-0.2, 0) is 0 Å². The first-order chi connectivity index (χ1) is 8.26. The van der Waals surface area contributed by atoms with Gasteiger partial charge in [-0.25, -0.2) is 0 Å². The third-order valence-corrected chi connectivity index (χ3v) is 4.47. The summed E-state index contributed by atoms with van der Waals surface area (Å²) < 4.78 is 0. The Morgan fingerprint density at radius 2 is 1.76 bits per heavy atom. The predicted octanol–water partition coefficient (Wildman–Crippen LogP) is 4.76. The summed E-state index contributed by atoms with van der Waals surface area (Å²) in [4.78, 5) is 0. The second kappa shape index (κ2) is 8.97. The maximum absolute atomic E-state index is 3.56. The molecular weight excluding hydrogens is 206 g/mol. The minimum Gasteiger partial charge on any atom is -0.317 e. The smallest absolute Gasteiger partial charge is 0.00692 e. The van der Waals surface area contributed by atoms with Crippen LogP contribution in [0.3, 0.4) is 0 Å². The van der Waals surface area contributed by atoms with E-state index < -0.39 is 0 Å². The van der Waals surface area contributed by atoms with Crippen molar-refractivity contribution in [2.45, 2.75) is 84.1 Å². The molecule has 0 bridgehead atoms. The summed E-state index contributed by atoms with van der Waals surface area (Å²) >= 11 is 0. The van der Waals surface area contributed by atoms with Crippen LogP contribution < -0.4 is 5.32 Å². The molecule has 0 spiro atoms. The van der Waals surface area contributed by atoms with Crippen LogP contribution in [-0.4, -0.2) is 13.1 Å². The molecule has 0 aliphatic heterocycles. The Bertz CT molecular complexity index is 170. The molecule has 0 amide bonds. The van der Waals surface area contributed by atoms with Crippen LogP contribution in [0, 0.1) is 11.8 Å². The molecule has 1 nitrogen and oxygen atoms in total. The standard InChI is InChI=1S/C16H33N/c1-4-9-14(2)12-16(17-3)13-15-10-7-5-6-8-11-15/h14-17H,4-13H2,1-3H3. The van der Waals surface area contributed by atoms with Gasteiger partial charge in [-0.2, -0.15) is 0 Å². The lowest BCUT2D eigenvalue weighted by Gasteiger charge is -2.24. The fourth-order valence-corrected chi connectivity index (χ4v) is 3.43. The Morgan fingerprint density at radius 3 is 2.29 bits per heavy atom. The van der Waals surface area contributed by atoms with Crippen LogP contribution >= 0.6 is 0 Å². The van der Waals surface area contributed by atoms with E-state index in [4.69, 9.17) is 0 Å². The summed E-state index contributed by atoms with van der Waals surface area (Å²) in [6.07, 6.45) is 14.4. The maximum Gasteiger partial charge on any atom is 0.00692 e. The third kappa shape index (κ3) is 6.45. The monoisotopic (exact) mass is 239 g/mol.